The van der Waals surface area contributed by atoms with Crippen LogP contribution in [0.3, 0.4) is 0 Å². The lowest BCUT2D eigenvalue weighted by molar-refractivity contribution is 0.00578. The second-order valence-electron chi connectivity index (χ2n) is 10.4. The number of piperazine rings is 1. The van der Waals surface area contributed by atoms with Crippen LogP contribution in [-0.2, 0) is 14.0 Å². The van der Waals surface area contributed by atoms with Crippen molar-refractivity contribution >= 4 is 24.6 Å². The van der Waals surface area contributed by atoms with Crippen molar-refractivity contribution in [1.29, 1.82) is 0 Å². The number of nitrogens with zero attached hydrogens (tertiary/aromatic N) is 2. The minimum atomic E-state index is -0.533. The number of amides is 2. The number of aryl methyl sites for hydroxylation is 1. The first-order valence-electron chi connectivity index (χ1n) is 10.9. The van der Waals surface area contributed by atoms with Crippen molar-refractivity contribution in [2.75, 3.05) is 26.2 Å². The zero-order valence-electron chi connectivity index (χ0n) is 20.1. The van der Waals surface area contributed by atoms with Gasteiger partial charge >= 0.3 is 13.2 Å². The lowest BCUT2D eigenvalue weighted by Gasteiger charge is -2.35. The molecule has 31 heavy (non-hydrogen) atoms. The highest BCUT2D eigenvalue weighted by Gasteiger charge is 2.51. The third kappa shape index (κ3) is 5.06. The van der Waals surface area contributed by atoms with Crippen molar-refractivity contribution in [2.24, 2.45) is 0 Å². The van der Waals surface area contributed by atoms with E-state index in [1.807, 2.05) is 73.6 Å². The van der Waals surface area contributed by atoms with Gasteiger partial charge in [0.1, 0.15) is 5.60 Å². The third-order valence-corrected chi connectivity index (χ3v) is 6.24. The van der Waals surface area contributed by atoms with Crippen molar-refractivity contribution in [3.63, 3.8) is 0 Å². The van der Waals surface area contributed by atoms with Gasteiger partial charge in [0.05, 0.1) is 11.2 Å². The first-order chi connectivity index (χ1) is 14.2. The van der Waals surface area contributed by atoms with Gasteiger partial charge in [-0.25, -0.2) is 4.79 Å². The van der Waals surface area contributed by atoms with Crippen LogP contribution in [0.4, 0.5) is 4.79 Å². The van der Waals surface area contributed by atoms with E-state index in [0.29, 0.717) is 31.7 Å². The molecule has 2 heterocycles. The highest BCUT2D eigenvalue weighted by atomic mass is 16.7. The predicted octanol–water partition coefficient (Wildman–Crippen LogP) is 2.99. The largest absolute Gasteiger partial charge is 0.494 e. The van der Waals surface area contributed by atoms with Gasteiger partial charge in [0.25, 0.3) is 5.91 Å². The number of carbonyl (C=O) groups is 2. The third-order valence-electron chi connectivity index (χ3n) is 6.24. The lowest BCUT2D eigenvalue weighted by atomic mass is 9.77. The molecule has 7 nitrogen and oxygen atoms in total. The Morgan fingerprint density at radius 3 is 2.00 bits per heavy atom. The summed E-state index contributed by atoms with van der Waals surface area (Å²) in [5.41, 5.74) is 0.961. The van der Waals surface area contributed by atoms with Gasteiger partial charge in [-0.15, -0.1) is 0 Å². The van der Waals surface area contributed by atoms with Crippen molar-refractivity contribution in [3.8, 4) is 0 Å². The standard InChI is InChI=1S/C23H35BN2O5/c1-16-9-10-17(24-30-22(5,6)23(7,8)31-24)15-18(16)19(27)25-11-13-26(14-12-25)20(28)29-21(2,3)4/h9-10,15H,11-14H2,1-8H3. The van der Waals surface area contributed by atoms with Crippen LogP contribution in [-0.4, -0.2) is 71.9 Å². The second-order valence-corrected chi connectivity index (χ2v) is 10.4. The summed E-state index contributed by atoms with van der Waals surface area (Å²) < 4.78 is 17.7. The highest BCUT2D eigenvalue weighted by Crippen LogP contribution is 2.36. The molecular formula is C23H35BN2O5. The Hall–Kier alpha value is -2.06. The molecule has 2 aliphatic rings. The minimum absolute atomic E-state index is 0.0419. The molecule has 8 heteroatoms. The fraction of sp³-hybridized carbons (Fsp3) is 0.652. The molecule has 1 aromatic rings. The van der Waals surface area contributed by atoms with Gasteiger partial charge in [0, 0.05) is 31.7 Å². The highest BCUT2D eigenvalue weighted by molar-refractivity contribution is 6.62. The molecule has 0 unspecified atom stereocenters. The van der Waals surface area contributed by atoms with E-state index in [9.17, 15) is 9.59 Å². The van der Waals surface area contributed by atoms with Crippen LogP contribution in [0.15, 0.2) is 18.2 Å². The molecule has 0 radical (unpaired) electrons. The molecule has 3 rings (SSSR count). The summed E-state index contributed by atoms with van der Waals surface area (Å²) >= 11 is 0. The van der Waals surface area contributed by atoms with Crippen molar-refractivity contribution in [3.05, 3.63) is 29.3 Å². The molecule has 2 amide bonds. The molecule has 2 saturated heterocycles. The van der Waals surface area contributed by atoms with Crippen molar-refractivity contribution < 1.29 is 23.6 Å². The Labute approximate surface area is 186 Å². The average Bonchev–Trinajstić information content (AvgIpc) is 2.87. The lowest BCUT2D eigenvalue weighted by Crippen LogP contribution is -2.51. The molecule has 2 fully saturated rings. The summed E-state index contributed by atoms with van der Waals surface area (Å²) in [6.07, 6.45) is -0.335. The van der Waals surface area contributed by atoms with Gasteiger partial charge in [-0.1, -0.05) is 12.1 Å². The monoisotopic (exact) mass is 430 g/mol. The Morgan fingerprint density at radius 1 is 0.968 bits per heavy atom. The first kappa shape index (κ1) is 23.6. The minimum Gasteiger partial charge on any atom is -0.444 e. The number of rotatable bonds is 2. The van der Waals surface area contributed by atoms with E-state index in [2.05, 4.69) is 0 Å². The zero-order valence-corrected chi connectivity index (χ0v) is 20.1. The Bertz CT molecular complexity index is 838. The molecule has 2 aliphatic heterocycles. The molecule has 1 aromatic carbocycles. The Morgan fingerprint density at radius 2 is 1.48 bits per heavy atom. The summed E-state index contributed by atoms with van der Waals surface area (Å²) in [7, 11) is -0.513. The van der Waals surface area contributed by atoms with E-state index >= 15 is 0 Å². The molecule has 0 bridgehead atoms. The Kier molecular flexibility index (Phi) is 6.19. The summed E-state index contributed by atoms with van der Waals surface area (Å²) in [5, 5.41) is 0. The van der Waals surface area contributed by atoms with Gasteiger partial charge in [0.2, 0.25) is 0 Å². The van der Waals surface area contributed by atoms with E-state index in [1.54, 1.807) is 9.80 Å². The SMILES string of the molecule is Cc1ccc(B2OC(C)(C)C(C)(C)O2)cc1C(=O)N1CCN(C(=O)OC(C)(C)C)CC1. The van der Waals surface area contributed by atoms with Gasteiger partial charge in [-0.2, -0.15) is 0 Å². The van der Waals surface area contributed by atoms with E-state index in [4.69, 9.17) is 14.0 Å². The van der Waals surface area contributed by atoms with Crippen LogP contribution >= 0.6 is 0 Å². The van der Waals surface area contributed by atoms with Crippen LogP contribution < -0.4 is 5.46 Å². The number of hydrogen-bond donors (Lipinski definition) is 0. The van der Waals surface area contributed by atoms with Crippen LogP contribution in [0, 0.1) is 6.92 Å². The van der Waals surface area contributed by atoms with Gasteiger partial charge in [-0.3, -0.25) is 4.79 Å². The Balaban J connectivity index is 1.69. The number of ether oxygens (including phenoxy) is 1. The van der Waals surface area contributed by atoms with Crippen LogP contribution in [0.1, 0.15) is 64.4 Å². The normalized spacial score (nSPS) is 20.7. The summed E-state index contributed by atoms with van der Waals surface area (Å²) in [4.78, 5) is 29.0. The maximum atomic E-state index is 13.3. The summed E-state index contributed by atoms with van der Waals surface area (Å²) in [5.74, 6) is -0.0419. The topological polar surface area (TPSA) is 68.3 Å². The molecule has 0 saturated carbocycles. The van der Waals surface area contributed by atoms with Gasteiger partial charge in [0.15, 0.2) is 0 Å². The molecule has 0 aliphatic carbocycles. The van der Waals surface area contributed by atoms with Gasteiger partial charge in [-0.05, 0) is 72.5 Å². The summed E-state index contributed by atoms with van der Waals surface area (Å²) in [6, 6.07) is 5.76. The number of hydrogen-bond acceptors (Lipinski definition) is 5. The molecular weight excluding hydrogens is 395 g/mol. The molecule has 0 aromatic heterocycles. The fourth-order valence-electron chi connectivity index (χ4n) is 3.58. The van der Waals surface area contributed by atoms with Gasteiger partial charge < -0.3 is 23.8 Å². The van der Waals surface area contributed by atoms with Crippen LogP contribution in [0.2, 0.25) is 0 Å². The molecule has 0 spiro atoms. The zero-order chi connectivity index (χ0) is 23.2. The molecule has 0 N–H and O–H groups in total. The van der Waals surface area contributed by atoms with E-state index in [0.717, 1.165) is 11.0 Å². The van der Waals surface area contributed by atoms with Crippen molar-refractivity contribution in [1.82, 2.24) is 9.80 Å². The molecule has 170 valence electrons. The van der Waals surface area contributed by atoms with E-state index in [-0.39, 0.29) is 12.0 Å². The van der Waals surface area contributed by atoms with Crippen LogP contribution in [0.5, 0.6) is 0 Å². The first-order valence-corrected chi connectivity index (χ1v) is 10.9. The number of carbonyl (C=O) groups excluding carboxylic acids is 2. The fourth-order valence-corrected chi connectivity index (χ4v) is 3.58. The van der Waals surface area contributed by atoms with Crippen molar-refractivity contribution in [2.45, 2.75) is 72.2 Å². The maximum absolute atomic E-state index is 13.3. The number of benzene rings is 1. The smallest absolute Gasteiger partial charge is 0.444 e. The maximum Gasteiger partial charge on any atom is 0.494 e. The van der Waals surface area contributed by atoms with E-state index < -0.39 is 23.9 Å². The predicted molar refractivity (Wildman–Crippen MR) is 121 cm³/mol. The van der Waals surface area contributed by atoms with Crippen LogP contribution in [0.25, 0.3) is 0 Å². The quantitative estimate of drug-likeness (QED) is 0.675. The summed E-state index contributed by atoms with van der Waals surface area (Å²) in [6.45, 7) is 17.4. The second kappa shape index (κ2) is 8.13. The average molecular weight is 430 g/mol. The molecule has 0 atom stereocenters. The van der Waals surface area contributed by atoms with E-state index in [1.165, 1.54) is 0 Å².